The average Bonchev–Trinajstić information content (AvgIpc) is 2.76. The van der Waals surface area contributed by atoms with Crippen molar-refractivity contribution in [2.45, 2.75) is 6.42 Å². The molecule has 1 heterocycles. The quantitative estimate of drug-likeness (QED) is 0.921. The molecular formula is C12H11ClN2O3. The van der Waals surface area contributed by atoms with Crippen LogP contribution in [0.5, 0.6) is 5.75 Å². The van der Waals surface area contributed by atoms with E-state index in [2.05, 4.69) is 5.10 Å². The van der Waals surface area contributed by atoms with Crippen molar-refractivity contribution in [3.63, 3.8) is 0 Å². The van der Waals surface area contributed by atoms with Gasteiger partial charge in [0.15, 0.2) is 0 Å². The Morgan fingerprint density at radius 3 is 2.94 bits per heavy atom. The van der Waals surface area contributed by atoms with Crippen LogP contribution in [0.4, 0.5) is 0 Å². The highest BCUT2D eigenvalue weighted by Gasteiger charge is 2.07. The first-order valence-electron chi connectivity index (χ1n) is 5.19. The topological polar surface area (TPSA) is 64.3 Å². The van der Waals surface area contributed by atoms with E-state index in [9.17, 15) is 4.79 Å². The number of carbonyl (C=O) groups is 1. The predicted octanol–water partition coefficient (Wildman–Crippen LogP) is 2.16. The molecule has 6 heteroatoms. The van der Waals surface area contributed by atoms with Crippen LogP contribution >= 0.6 is 11.6 Å². The van der Waals surface area contributed by atoms with Gasteiger partial charge < -0.3 is 9.84 Å². The second kappa shape index (κ2) is 5.10. The Morgan fingerprint density at radius 1 is 1.56 bits per heavy atom. The highest BCUT2D eigenvalue weighted by Crippen LogP contribution is 2.26. The van der Waals surface area contributed by atoms with Crippen molar-refractivity contribution >= 4 is 17.6 Å². The molecule has 5 nitrogen and oxygen atoms in total. The van der Waals surface area contributed by atoms with Crippen molar-refractivity contribution in [3.8, 4) is 11.4 Å². The lowest BCUT2D eigenvalue weighted by Crippen LogP contribution is -1.99. The number of methoxy groups -OCH3 is 1. The summed E-state index contributed by atoms with van der Waals surface area (Å²) in [6.07, 6.45) is 3.13. The highest BCUT2D eigenvalue weighted by atomic mass is 35.5. The molecule has 0 aliphatic carbocycles. The zero-order chi connectivity index (χ0) is 13.1. The minimum Gasteiger partial charge on any atom is -0.495 e. The molecule has 1 aromatic heterocycles. The van der Waals surface area contributed by atoms with Crippen LogP contribution in [0.1, 0.15) is 5.56 Å². The van der Waals surface area contributed by atoms with E-state index in [1.54, 1.807) is 36.2 Å². The van der Waals surface area contributed by atoms with E-state index in [4.69, 9.17) is 21.4 Å². The summed E-state index contributed by atoms with van der Waals surface area (Å²) >= 11 is 6.01. The second-order valence-corrected chi connectivity index (χ2v) is 4.09. The lowest BCUT2D eigenvalue weighted by Gasteiger charge is -2.05. The lowest BCUT2D eigenvalue weighted by atomic mass is 10.2. The van der Waals surface area contributed by atoms with Gasteiger partial charge in [0.1, 0.15) is 5.75 Å². The van der Waals surface area contributed by atoms with E-state index < -0.39 is 5.97 Å². The molecule has 18 heavy (non-hydrogen) atoms. The number of carboxylic acids is 1. The Balaban J connectivity index is 2.28. The summed E-state index contributed by atoms with van der Waals surface area (Å²) in [6, 6.07) is 5.23. The number of carboxylic acid groups (broad SMARTS) is 1. The van der Waals surface area contributed by atoms with Gasteiger partial charge >= 0.3 is 5.97 Å². The van der Waals surface area contributed by atoms with Gasteiger partial charge in [0.2, 0.25) is 0 Å². The minimum atomic E-state index is -0.887. The number of hydrogen-bond donors (Lipinski definition) is 1. The van der Waals surface area contributed by atoms with Crippen LogP contribution < -0.4 is 4.74 Å². The first kappa shape index (κ1) is 12.4. The largest absolute Gasteiger partial charge is 0.495 e. The van der Waals surface area contributed by atoms with Gasteiger partial charge in [-0.1, -0.05) is 11.6 Å². The molecule has 0 saturated heterocycles. The molecule has 0 spiro atoms. The van der Waals surface area contributed by atoms with Crippen LogP contribution in [0.15, 0.2) is 30.6 Å². The number of aromatic nitrogens is 2. The summed E-state index contributed by atoms with van der Waals surface area (Å²) in [6.45, 7) is 0. The van der Waals surface area contributed by atoms with Crippen LogP contribution in [-0.2, 0) is 11.2 Å². The summed E-state index contributed by atoms with van der Waals surface area (Å²) in [5.41, 5.74) is 1.38. The monoisotopic (exact) mass is 266 g/mol. The molecule has 0 aliphatic heterocycles. The number of aliphatic carboxylic acids is 1. The molecule has 0 bridgehead atoms. The molecule has 0 aliphatic rings. The Labute approximate surface area is 109 Å². The Morgan fingerprint density at radius 2 is 2.33 bits per heavy atom. The maximum Gasteiger partial charge on any atom is 0.307 e. The van der Waals surface area contributed by atoms with Crippen molar-refractivity contribution in [2.24, 2.45) is 0 Å². The van der Waals surface area contributed by atoms with Gasteiger partial charge in [-0.25, -0.2) is 4.68 Å². The summed E-state index contributed by atoms with van der Waals surface area (Å²) in [5.74, 6) is -0.305. The van der Waals surface area contributed by atoms with Gasteiger partial charge in [-0.2, -0.15) is 5.10 Å². The molecule has 0 radical (unpaired) electrons. The fraction of sp³-hybridized carbons (Fsp3) is 0.167. The molecule has 1 N–H and O–H groups in total. The van der Waals surface area contributed by atoms with Crippen molar-refractivity contribution < 1.29 is 14.6 Å². The maximum absolute atomic E-state index is 10.6. The molecule has 0 amide bonds. The smallest absolute Gasteiger partial charge is 0.307 e. The number of nitrogens with zero attached hydrogens (tertiary/aromatic N) is 2. The molecule has 2 aromatic rings. The van der Waals surface area contributed by atoms with E-state index in [-0.39, 0.29) is 6.42 Å². The molecule has 0 atom stereocenters. The molecule has 2 rings (SSSR count). The maximum atomic E-state index is 10.6. The standard InChI is InChI=1S/C12H11ClN2O3/c1-18-11-3-2-9(5-10(11)13)15-7-8(6-14-15)4-12(16)17/h2-3,5-7H,4H2,1H3,(H,16,17). The van der Waals surface area contributed by atoms with Crippen LogP contribution in [0.3, 0.4) is 0 Å². The molecule has 1 aromatic carbocycles. The first-order chi connectivity index (χ1) is 8.60. The summed E-state index contributed by atoms with van der Waals surface area (Å²) in [5, 5.41) is 13.3. The number of benzene rings is 1. The molecule has 0 unspecified atom stereocenters. The second-order valence-electron chi connectivity index (χ2n) is 3.68. The fourth-order valence-electron chi connectivity index (χ4n) is 1.57. The van der Waals surface area contributed by atoms with Gasteiger partial charge in [0.25, 0.3) is 0 Å². The Hall–Kier alpha value is -2.01. The number of rotatable bonds is 4. The number of ether oxygens (including phenoxy) is 1. The van der Waals surface area contributed by atoms with Gasteiger partial charge in [0, 0.05) is 11.8 Å². The summed E-state index contributed by atoms with van der Waals surface area (Å²) in [4.78, 5) is 10.6. The predicted molar refractivity (Wildman–Crippen MR) is 66.5 cm³/mol. The van der Waals surface area contributed by atoms with Crippen LogP contribution in [0.2, 0.25) is 5.02 Å². The van der Waals surface area contributed by atoms with Crippen molar-refractivity contribution in [1.82, 2.24) is 9.78 Å². The summed E-state index contributed by atoms with van der Waals surface area (Å²) < 4.78 is 6.63. The van der Waals surface area contributed by atoms with Gasteiger partial charge in [-0.05, 0) is 18.2 Å². The van der Waals surface area contributed by atoms with Gasteiger partial charge in [0.05, 0.1) is 30.4 Å². The summed E-state index contributed by atoms with van der Waals surface area (Å²) in [7, 11) is 1.54. The Bertz CT molecular complexity index is 580. The average molecular weight is 267 g/mol. The Kier molecular flexibility index (Phi) is 3.53. The fourth-order valence-corrected chi connectivity index (χ4v) is 1.82. The number of hydrogen-bond acceptors (Lipinski definition) is 3. The van der Waals surface area contributed by atoms with Crippen molar-refractivity contribution in [1.29, 1.82) is 0 Å². The van der Waals surface area contributed by atoms with E-state index >= 15 is 0 Å². The zero-order valence-corrected chi connectivity index (χ0v) is 10.4. The third-order valence-corrected chi connectivity index (χ3v) is 2.69. The van der Waals surface area contributed by atoms with Crippen LogP contribution in [0.25, 0.3) is 5.69 Å². The lowest BCUT2D eigenvalue weighted by molar-refractivity contribution is -0.136. The van der Waals surface area contributed by atoms with E-state index in [1.165, 1.54) is 6.20 Å². The third-order valence-electron chi connectivity index (χ3n) is 2.39. The van der Waals surface area contributed by atoms with E-state index in [1.807, 2.05) is 0 Å². The first-order valence-corrected chi connectivity index (χ1v) is 5.57. The van der Waals surface area contributed by atoms with E-state index in [0.717, 1.165) is 5.69 Å². The van der Waals surface area contributed by atoms with Crippen LogP contribution in [-0.4, -0.2) is 28.0 Å². The number of halogens is 1. The molecule has 0 fully saturated rings. The SMILES string of the molecule is COc1ccc(-n2cc(CC(=O)O)cn2)cc1Cl. The van der Waals surface area contributed by atoms with Crippen molar-refractivity contribution in [2.75, 3.05) is 7.11 Å². The van der Waals surface area contributed by atoms with Gasteiger partial charge in [-0.3, -0.25) is 4.79 Å². The van der Waals surface area contributed by atoms with Crippen molar-refractivity contribution in [3.05, 3.63) is 41.2 Å². The highest BCUT2D eigenvalue weighted by molar-refractivity contribution is 6.32. The molecule has 0 saturated carbocycles. The zero-order valence-electron chi connectivity index (χ0n) is 9.63. The minimum absolute atomic E-state index is 0.0517. The third kappa shape index (κ3) is 2.62. The van der Waals surface area contributed by atoms with Crippen LogP contribution in [0, 0.1) is 0 Å². The normalized spacial score (nSPS) is 10.3. The molecule has 94 valence electrons. The van der Waals surface area contributed by atoms with E-state index in [0.29, 0.717) is 16.3 Å². The molecular weight excluding hydrogens is 256 g/mol. The van der Waals surface area contributed by atoms with Gasteiger partial charge in [-0.15, -0.1) is 0 Å².